The van der Waals surface area contributed by atoms with Crippen molar-refractivity contribution < 1.29 is 0 Å². The number of aryl methyl sites for hydroxylation is 1. The highest BCUT2D eigenvalue weighted by atomic mass is 32.1. The van der Waals surface area contributed by atoms with Gasteiger partial charge in [-0.2, -0.15) is 0 Å². The van der Waals surface area contributed by atoms with Crippen molar-refractivity contribution in [1.29, 1.82) is 0 Å². The first-order valence-electron chi connectivity index (χ1n) is 11.2. The second-order valence-corrected chi connectivity index (χ2v) is 9.75. The van der Waals surface area contributed by atoms with Crippen LogP contribution in [-0.4, -0.2) is 4.98 Å². The zero-order valence-corrected chi connectivity index (χ0v) is 18.5. The molecule has 2 nitrogen and oxygen atoms in total. The van der Waals surface area contributed by atoms with Crippen LogP contribution in [0.4, 0.5) is 0 Å². The van der Waals surface area contributed by atoms with Crippen molar-refractivity contribution >= 4 is 32.3 Å². The average molecular weight is 423 g/mol. The fraction of sp³-hybridized carbons (Fsp3) is 0.214. The van der Waals surface area contributed by atoms with Crippen LogP contribution in [-0.2, 0) is 6.42 Å². The molecule has 31 heavy (non-hydrogen) atoms. The number of nitrogens with one attached hydrogen (secondary N) is 2. The highest BCUT2D eigenvalue weighted by Gasteiger charge is 2.25. The summed E-state index contributed by atoms with van der Waals surface area (Å²) in [7, 11) is 0. The molecule has 0 aliphatic heterocycles. The predicted octanol–water partition coefficient (Wildman–Crippen LogP) is 7.78. The van der Waals surface area contributed by atoms with Gasteiger partial charge in [-0.25, -0.2) is 0 Å². The van der Waals surface area contributed by atoms with E-state index in [1.54, 1.807) is 0 Å². The van der Waals surface area contributed by atoms with Gasteiger partial charge in [0.2, 0.25) is 0 Å². The highest BCUT2D eigenvalue weighted by Crippen LogP contribution is 2.39. The Hall–Kier alpha value is -2.88. The number of aromatic nitrogens is 1. The van der Waals surface area contributed by atoms with Gasteiger partial charge in [0, 0.05) is 38.3 Å². The molecule has 1 aliphatic rings. The summed E-state index contributed by atoms with van der Waals surface area (Å²) in [6, 6.07) is 29.4. The normalized spacial score (nSPS) is 17.1. The Kier molecular flexibility index (Phi) is 4.66. The average Bonchev–Trinajstić information content (AvgIpc) is 3.41. The summed E-state index contributed by atoms with van der Waals surface area (Å²) < 4.78 is 1.35. The van der Waals surface area contributed by atoms with Gasteiger partial charge in [-0.3, -0.25) is 0 Å². The molecule has 0 radical (unpaired) electrons. The quantitative estimate of drug-likeness (QED) is 0.304. The van der Waals surface area contributed by atoms with Gasteiger partial charge in [0.1, 0.15) is 0 Å². The van der Waals surface area contributed by atoms with E-state index in [0.717, 1.165) is 6.42 Å². The van der Waals surface area contributed by atoms with E-state index >= 15 is 0 Å². The Morgan fingerprint density at radius 2 is 1.81 bits per heavy atom. The minimum atomic E-state index is 0.331. The molecule has 0 amide bonds. The van der Waals surface area contributed by atoms with E-state index in [1.807, 2.05) is 11.3 Å². The molecule has 2 atom stereocenters. The second kappa shape index (κ2) is 7.67. The fourth-order valence-electron chi connectivity index (χ4n) is 5.05. The number of thiophene rings is 1. The summed E-state index contributed by atoms with van der Waals surface area (Å²) in [5.41, 5.74) is 6.82. The van der Waals surface area contributed by atoms with Gasteiger partial charge in [-0.1, -0.05) is 54.6 Å². The topological polar surface area (TPSA) is 27.8 Å². The van der Waals surface area contributed by atoms with Crippen molar-refractivity contribution in [2.45, 2.75) is 38.3 Å². The SMILES string of the molecule is CC(NC1CCCc2c1[nH]c1ccc(-c3cc4ccccc4s3)cc21)c1ccccc1. The number of benzene rings is 3. The molecule has 0 spiro atoms. The lowest BCUT2D eigenvalue weighted by molar-refractivity contribution is 0.410. The zero-order valence-electron chi connectivity index (χ0n) is 17.7. The van der Waals surface area contributed by atoms with E-state index in [4.69, 9.17) is 0 Å². The van der Waals surface area contributed by atoms with Gasteiger partial charge >= 0.3 is 0 Å². The van der Waals surface area contributed by atoms with Crippen LogP contribution in [0.1, 0.15) is 48.7 Å². The summed E-state index contributed by atoms with van der Waals surface area (Å²) >= 11 is 1.88. The monoisotopic (exact) mass is 422 g/mol. The first-order valence-corrected chi connectivity index (χ1v) is 12.0. The van der Waals surface area contributed by atoms with E-state index in [9.17, 15) is 0 Å². The largest absolute Gasteiger partial charge is 0.357 e. The van der Waals surface area contributed by atoms with E-state index in [1.165, 1.54) is 61.1 Å². The standard InChI is InChI=1S/C28H26N2S/c1-18(19-8-3-2-4-9-19)29-25-12-7-11-22-23-16-21(14-15-24(23)30-28(22)25)27-17-20-10-5-6-13-26(20)31-27/h2-6,8-10,13-18,25,29-30H,7,11-12H2,1H3. The summed E-state index contributed by atoms with van der Waals surface area (Å²) in [5.74, 6) is 0. The molecular formula is C28H26N2S. The first kappa shape index (κ1) is 18.9. The molecule has 0 bridgehead atoms. The fourth-order valence-corrected chi connectivity index (χ4v) is 6.11. The highest BCUT2D eigenvalue weighted by molar-refractivity contribution is 7.22. The lowest BCUT2D eigenvalue weighted by Gasteiger charge is -2.27. The first-order chi connectivity index (χ1) is 15.3. The molecule has 2 unspecified atom stereocenters. The lowest BCUT2D eigenvalue weighted by Crippen LogP contribution is -2.27. The minimum Gasteiger partial charge on any atom is -0.357 e. The van der Waals surface area contributed by atoms with Gasteiger partial charge in [0.05, 0.1) is 0 Å². The lowest BCUT2D eigenvalue weighted by atomic mass is 9.90. The maximum Gasteiger partial charge on any atom is 0.0480 e. The molecule has 2 N–H and O–H groups in total. The molecule has 2 aromatic heterocycles. The van der Waals surface area contributed by atoms with Gasteiger partial charge in [0.25, 0.3) is 0 Å². The Morgan fingerprint density at radius 1 is 0.968 bits per heavy atom. The van der Waals surface area contributed by atoms with Crippen LogP contribution < -0.4 is 5.32 Å². The van der Waals surface area contributed by atoms with E-state index in [-0.39, 0.29) is 0 Å². The molecule has 0 saturated carbocycles. The number of hydrogen-bond acceptors (Lipinski definition) is 2. The third-order valence-electron chi connectivity index (χ3n) is 6.67. The van der Waals surface area contributed by atoms with Crippen molar-refractivity contribution in [1.82, 2.24) is 10.3 Å². The summed E-state index contributed by atoms with van der Waals surface area (Å²) in [4.78, 5) is 5.12. The Bertz CT molecular complexity index is 1330. The van der Waals surface area contributed by atoms with Crippen LogP contribution in [0.25, 0.3) is 31.4 Å². The number of aromatic amines is 1. The van der Waals surface area contributed by atoms with Crippen LogP contribution in [0.2, 0.25) is 0 Å². The molecule has 0 fully saturated rings. The van der Waals surface area contributed by atoms with Crippen molar-refractivity contribution in [3.8, 4) is 10.4 Å². The van der Waals surface area contributed by atoms with Gasteiger partial charge in [0.15, 0.2) is 0 Å². The summed E-state index contributed by atoms with van der Waals surface area (Å²) in [6.45, 7) is 2.27. The third kappa shape index (κ3) is 3.38. The molecule has 3 heteroatoms. The van der Waals surface area contributed by atoms with Crippen LogP contribution in [0.5, 0.6) is 0 Å². The number of H-pyrrole nitrogens is 1. The molecule has 0 saturated heterocycles. The molecule has 1 aliphatic carbocycles. The van der Waals surface area contributed by atoms with Crippen LogP contribution in [0.15, 0.2) is 78.9 Å². The third-order valence-corrected chi connectivity index (χ3v) is 7.83. The molecular weight excluding hydrogens is 396 g/mol. The number of hydrogen-bond donors (Lipinski definition) is 2. The van der Waals surface area contributed by atoms with Crippen LogP contribution >= 0.6 is 11.3 Å². The number of rotatable bonds is 4. The van der Waals surface area contributed by atoms with Gasteiger partial charge < -0.3 is 10.3 Å². The second-order valence-electron chi connectivity index (χ2n) is 8.67. The van der Waals surface area contributed by atoms with Gasteiger partial charge in [-0.15, -0.1) is 11.3 Å². The van der Waals surface area contributed by atoms with E-state index < -0.39 is 0 Å². The van der Waals surface area contributed by atoms with Crippen molar-refractivity contribution in [3.05, 3.63) is 95.7 Å². The molecule has 2 heterocycles. The predicted molar refractivity (Wildman–Crippen MR) is 133 cm³/mol. The van der Waals surface area contributed by atoms with E-state index in [2.05, 4.69) is 96.1 Å². The Balaban J connectivity index is 1.36. The van der Waals surface area contributed by atoms with Crippen LogP contribution in [0, 0.1) is 0 Å². The molecule has 154 valence electrons. The number of fused-ring (bicyclic) bond motifs is 4. The maximum absolute atomic E-state index is 3.89. The summed E-state index contributed by atoms with van der Waals surface area (Å²) in [5, 5.41) is 6.61. The molecule has 6 rings (SSSR count). The Morgan fingerprint density at radius 3 is 2.68 bits per heavy atom. The minimum absolute atomic E-state index is 0.331. The smallest absolute Gasteiger partial charge is 0.0480 e. The van der Waals surface area contributed by atoms with Gasteiger partial charge in [-0.05, 0) is 72.5 Å². The van der Waals surface area contributed by atoms with Crippen molar-refractivity contribution in [2.24, 2.45) is 0 Å². The Labute approximate surface area is 186 Å². The zero-order chi connectivity index (χ0) is 20.8. The van der Waals surface area contributed by atoms with Crippen molar-refractivity contribution in [2.75, 3.05) is 0 Å². The maximum atomic E-state index is 3.89. The van der Waals surface area contributed by atoms with Crippen molar-refractivity contribution in [3.63, 3.8) is 0 Å². The van der Waals surface area contributed by atoms with E-state index in [0.29, 0.717) is 12.1 Å². The van der Waals surface area contributed by atoms with Crippen LogP contribution in [0.3, 0.4) is 0 Å². The molecule has 5 aromatic rings. The molecule has 3 aromatic carbocycles. The summed E-state index contributed by atoms with van der Waals surface area (Å²) in [6.07, 6.45) is 3.56.